The normalized spacial score (nSPS) is 16.6. The van der Waals surface area contributed by atoms with Gasteiger partial charge in [0.2, 0.25) is 0 Å². The predicted octanol–water partition coefficient (Wildman–Crippen LogP) is 4.49. The van der Waals surface area contributed by atoms with Crippen molar-refractivity contribution in [1.82, 2.24) is 5.32 Å². The zero-order valence-electron chi connectivity index (χ0n) is 17.1. The number of carbonyl (C=O) groups excluding carboxylic acids is 2. The average molecular weight is 465 g/mol. The van der Waals surface area contributed by atoms with Gasteiger partial charge < -0.3 is 29.6 Å². The standard InChI is InChI=1S/C21H21ClN2O6S/c1-4-29-21(26)30-16-7-5-12(9-17(16)28-3)10-18-19(25)24-20(31-18)23-14-11-13(22)6-8-15(14)27-2/h5-11,20,23H,4H2,1-3H3,(H,24,25)/b18-10-. The minimum atomic E-state index is -0.817. The number of ether oxygens (including phenoxy) is 4. The second-order valence-corrected chi connectivity index (χ2v) is 7.75. The molecule has 0 radical (unpaired) electrons. The van der Waals surface area contributed by atoms with E-state index in [1.807, 2.05) is 0 Å². The van der Waals surface area contributed by atoms with E-state index in [1.165, 1.54) is 18.9 Å². The lowest BCUT2D eigenvalue weighted by Gasteiger charge is -2.15. The van der Waals surface area contributed by atoms with Gasteiger partial charge in [-0.15, -0.1) is 0 Å². The highest BCUT2D eigenvalue weighted by Gasteiger charge is 2.28. The summed E-state index contributed by atoms with van der Waals surface area (Å²) in [6.45, 7) is 1.89. The van der Waals surface area contributed by atoms with Crippen molar-refractivity contribution in [1.29, 1.82) is 0 Å². The van der Waals surface area contributed by atoms with Crippen LogP contribution in [0.3, 0.4) is 0 Å². The van der Waals surface area contributed by atoms with Gasteiger partial charge in [-0.1, -0.05) is 29.4 Å². The Hall–Kier alpha value is -3.04. The molecule has 8 nitrogen and oxygen atoms in total. The van der Waals surface area contributed by atoms with Crippen molar-refractivity contribution < 1.29 is 28.5 Å². The Kier molecular flexibility index (Phi) is 7.54. The number of nitrogens with one attached hydrogen (secondary N) is 2. The van der Waals surface area contributed by atoms with E-state index in [9.17, 15) is 9.59 Å². The summed E-state index contributed by atoms with van der Waals surface area (Å²) in [7, 11) is 3.02. The van der Waals surface area contributed by atoms with Gasteiger partial charge in [-0.2, -0.15) is 0 Å². The van der Waals surface area contributed by atoms with E-state index < -0.39 is 11.7 Å². The van der Waals surface area contributed by atoms with Crippen LogP contribution in [0.15, 0.2) is 41.3 Å². The van der Waals surface area contributed by atoms with Gasteiger partial charge in [-0.3, -0.25) is 4.79 Å². The molecule has 1 unspecified atom stereocenters. The van der Waals surface area contributed by atoms with Crippen molar-refractivity contribution in [2.24, 2.45) is 0 Å². The molecule has 1 aliphatic rings. The first-order valence-electron chi connectivity index (χ1n) is 9.25. The number of hydrogen-bond acceptors (Lipinski definition) is 8. The van der Waals surface area contributed by atoms with Gasteiger partial charge in [0.15, 0.2) is 17.0 Å². The van der Waals surface area contributed by atoms with E-state index in [-0.39, 0.29) is 18.3 Å². The number of rotatable bonds is 7. The molecule has 1 fully saturated rings. The molecule has 1 aliphatic heterocycles. The van der Waals surface area contributed by atoms with Crippen LogP contribution in [0.4, 0.5) is 10.5 Å². The van der Waals surface area contributed by atoms with Gasteiger partial charge in [-0.05, 0) is 48.9 Å². The maximum absolute atomic E-state index is 12.4. The van der Waals surface area contributed by atoms with E-state index >= 15 is 0 Å². The lowest BCUT2D eigenvalue weighted by Crippen LogP contribution is -2.31. The molecule has 0 saturated carbocycles. The Morgan fingerprint density at radius 3 is 2.61 bits per heavy atom. The number of halogens is 1. The van der Waals surface area contributed by atoms with E-state index in [0.717, 1.165) is 0 Å². The van der Waals surface area contributed by atoms with Crippen molar-refractivity contribution in [3.63, 3.8) is 0 Å². The van der Waals surface area contributed by atoms with Crippen molar-refractivity contribution in [2.75, 3.05) is 26.1 Å². The molecule has 2 N–H and O–H groups in total. The number of anilines is 1. The van der Waals surface area contributed by atoms with Crippen LogP contribution in [0.2, 0.25) is 5.02 Å². The fraction of sp³-hybridized carbons (Fsp3) is 0.238. The third kappa shape index (κ3) is 5.77. The van der Waals surface area contributed by atoms with Crippen LogP contribution < -0.4 is 24.8 Å². The first-order valence-corrected chi connectivity index (χ1v) is 10.5. The molecule has 164 valence electrons. The molecule has 31 heavy (non-hydrogen) atoms. The summed E-state index contributed by atoms with van der Waals surface area (Å²) in [6, 6.07) is 10.1. The zero-order valence-corrected chi connectivity index (χ0v) is 18.6. The van der Waals surface area contributed by atoms with Gasteiger partial charge in [0.25, 0.3) is 5.91 Å². The van der Waals surface area contributed by atoms with Crippen molar-refractivity contribution in [3.8, 4) is 17.2 Å². The summed E-state index contributed by atoms with van der Waals surface area (Å²) in [5.41, 5.74) is 0.960. The maximum Gasteiger partial charge on any atom is 0.513 e. The summed E-state index contributed by atoms with van der Waals surface area (Å²) in [5.74, 6) is 0.941. The molecule has 10 heteroatoms. The number of carbonyl (C=O) groups is 2. The average Bonchev–Trinajstić information content (AvgIpc) is 3.08. The van der Waals surface area contributed by atoms with Gasteiger partial charge in [-0.25, -0.2) is 4.79 Å². The molecule has 1 saturated heterocycles. The van der Waals surface area contributed by atoms with Gasteiger partial charge >= 0.3 is 6.16 Å². The largest absolute Gasteiger partial charge is 0.513 e. The van der Waals surface area contributed by atoms with E-state index in [0.29, 0.717) is 32.7 Å². The molecule has 0 aromatic heterocycles. The first kappa shape index (κ1) is 22.6. The molecular weight excluding hydrogens is 444 g/mol. The van der Waals surface area contributed by atoms with Crippen LogP contribution in [0.1, 0.15) is 12.5 Å². The van der Waals surface area contributed by atoms with Crippen LogP contribution in [0.5, 0.6) is 17.2 Å². The molecule has 0 bridgehead atoms. The summed E-state index contributed by atoms with van der Waals surface area (Å²) >= 11 is 7.38. The molecule has 2 aromatic rings. The van der Waals surface area contributed by atoms with Crippen LogP contribution in [0.25, 0.3) is 6.08 Å². The Bertz CT molecular complexity index is 1010. The number of benzene rings is 2. The second kappa shape index (κ2) is 10.3. The fourth-order valence-corrected chi connectivity index (χ4v) is 3.89. The molecule has 1 atom stereocenters. The minimum absolute atomic E-state index is 0.202. The Morgan fingerprint density at radius 2 is 1.90 bits per heavy atom. The third-order valence-electron chi connectivity index (χ3n) is 4.12. The summed E-state index contributed by atoms with van der Waals surface area (Å²) in [5, 5.41) is 6.60. The quantitative estimate of drug-likeness (QED) is 0.351. The number of methoxy groups -OCH3 is 2. The third-order valence-corrected chi connectivity index (χ3v) is 5.38. The fourth-order valence-electron chi connectivity index (χ4n) is 2.75. The van der Waals surface area contributed by atoms with Gasteiger partial charge in [0, 0.05) is 5.02 Å². The lowest BCUT2D eigenvalue weighted by molar-refractivity contribution is -0.116. The van der Waals surface area contributed by atoms with Crippen LogP contribution in [0, 0.1) is 0 Å². The highest BCUT2D eigenvalue weighted by atomic mass is 35.5. The lowest BCUT2D eigenvalue weighted by atomic mass is 10.2. The number of thioether (sulfide) groups is 1. The highest BCUT2D eigenvalue weighted by Crippen LogP contribution is 2.35. The second-order valence-electron chi connectivity index (χ2n) is 6.16. The zero-order chi connectivity index (χ0) is 22.4. The van der Waals surface area contributed by atoms with Gasteiger partial charge in [0.05, 0.1) is 31.4 Å². The molecule has 3 rings (SSSR count). The molecule has 1 amide bonds. The Balaban J connectivity index is 1.74. The molecule has 1 heterocycles. The molecule has 2 aromatic carbocycles. The maximum atomic E-state index is 12.4. The van der Waals surface area contributed by atoms with Crippen molar-refractivity contribution >= 4 is 47.2 Å². The summed E-state index contributed by atoms with van der Waals surface area (Å²) in [6.07, 6.45) is 0.899. The number of amides is 1. The van der Waals surface area contributed by atoms with Crippen molar-refractivity contribution in [2.45, 2.75) is 12.4 Å². The SMILES string of the molecule is CCOC(=O)Oc1ccc(/C=C2\SC(Nc3cc(Cl)ccc3OC)NC2=O)cc1OC. The monoisotopic (exact) mass is 464 g/mol. The van der Waals surface area contributed by atoms with Crippen LogP contribution >= 0.6 is 23.4 Å². The highest BCUT2D eigenvalue weighted by molar-refractivity contribution is 8.05. The summed E-state index contributed by atoms with van der Waals surface area (Å²) in [4.78, 5) is 24.5. The van der Waals surface area contributed by atoms with Crippen LogP contribution in [-0.4, -0.2) is 38.4 Å². The molecular formula is C21H21ClN2O6S. The van der Waals surface area contributed by atoms with E-state index in [2.05, 4.69) is 10.6 Å². The van der Waals surface area contributed by atoms with Crippen molar-refractivity contribution in [3.05, 3.63) is 51.9 Å². The predicted molar refractivity (Wildman–Crippen MR) is 120 cm³/mol. The topological polar surface area (TPSA) is 95.1 Å². The molecule has 0 aliphatic carbocycles. The van der Waals surface area contributed by atoms with Gasteiger partial charge in [0.1, 0.15) is 5.75 Å². The Morgan fingerprint density at radius 1 is 1.16 bits per heavy atom. The smallest absolute Gasteiger partial charge is 0.495 e. The van der Waals surface area contributed by atoms with E-state index in [4.69, 9.17) is 30.5 Å². The van der Waals surface area contributed by atoms with E-state index in [1.54, 1.807) is 56.5 Å². The molecule has 0 spiro atoms. The number of hydrogen-bond donors (Lipinski definition) is 2. The van der Waals surface area contributed by atoms with Crippen LogP contribution in [-0.2, 0) is 9.53 Å². The minimum Gasteiger partial charge on any atom is -0.495 e. The first-order chi connectivity index (χ1) is 14.9. The Labute approximate surface area is 188 Å². The summed E-state index contributed by atoms with van der Waals surface area (Å²) < 4.78 is 20.5.